The summed E-state index contributed by atoms with van der Waals surface area (Å²) < 4.78 is 49.7. The van der Waals surface area contributed by atoms with Gasteiger partial charge in [-0.1, -0.05) is 44.2 Å². The van der Waals surface area contributed by atoms with Gasteiger partial charge in [0.05, 0.1) is 29.2 Å². The topological polar surface area (TPSA) is 162 Å². The maximum absolute atomic E-state index is 13.7. The highest BCUT2D eigenvalue weighted by Gasteiger charge is 2.46. The van der Waals surface area contributed by atoms with Crippen molar-refractivity contribution in [2.45, 2.75) is 75.9 Å². The maximum Gasteiger partial charge on any atom is 0.244 e. The summed E-state index contributed by atoms with van der Waals surface area (Å²) in [6.45, 7) is 6.99. The van der Waals surface area contributed by atoms with Crippen LogP contribution in [0.2, 0.25) is 0 Å². The van der Waals surface area contributed by atoms with E-state index in [9.17, 15) is 31.5 Å². The average Bonchev–Trinajstić information content (AvgIpc) is 3.35. The fourth-order valence-electron chi connectivity index (χ4n) is 4.43. The van der Waals surface area contributed by atoms with Crippen LogP contribution in [0.3, 0.4) is 0 Å². The van der Waals surface area contributed by atoms with Gasteiger partial charge in [-0.2, -0.15) is 4.31 Å². The zero-order valence-electron chi connectivity index (χ0n) is 23.7. The highest BCUT2D eigenvalue weighted by molar-refractivity contribution is 7.92. The minimum absolute atomic E-state index is 0.00607. The van der Waals surface area contributed by atoms with Crippen LogP contribution in [0.1, 0.15) is 46.1 Å². The molecule has 2 rings (SSSR count). The minimum atomic E-state index is -3.83. The third-order valence-corrected chi connectivity index (χ3v) is 10.5. The molecule has 39 heavy (non-hydrogen) atoms. The molecule has 0 saturated carbocycles. The van der Waals surface area contributed by atoms with Crippen LogP contribution in [0.25, 0.3) is 0 Å². The molecule has 222 valence electrons. The fourth-order valence-corrected chi connectivity index (χ4v) is 6.01. The second kappa shape index (κ2) is 13.5. The number of benzene rings is 1. The van der Waals surface area contributed by atoms with E-state index in [0.29, 0.717) is 13.0 Å². The smallest absolute Gasteiger partial charge is 0.244 e. The molecular weight excluding hydrogens is 544 g/mol. The highest BCUT2D eigenvalue weighted by Crippen LogP contribution is 2.22. The Morgan fingerprint density at radius 1 is 1.08 bits per heavy atom. The standard InChI is InChI=1S/C26H44N4O7S2/c1-18(2)16-30(39(6,36)37)17-22(31)21(15-19-11-8-7-9-12-19)28-25(33)23(26(3,4)38(5,34)35)29-24(32)20-13-10-14-27-20/h7-9,11-12,18,20-23,27,31H,10,13-17H2,1-6H3,(H,28,33)(H,29,32). The highest BCUT2D eigenvalue weighted by atomic mass is 32.2. The number of amides is 2. The molecule has 1 saturated heterocycles. The van der Waals surface area contributed by atoms with Crippen LogP contribution in [-0.2, 0) is 35.9 Å². The number of carbonyl (C=O) groups is 2. The first-order chi connectivity index (χ1) is 17.9. The van der Waals surface area contributed by atoms with Gasteiger partial charge in [0, 0.05) is 19.3 Å². The van der Waals surface area contributed by atoms with Crippen molar-refractivity contribution in [1.82, 2.24) is 20.3 Å². The Hall–Kier alpha value is -2.06. The minimum Gasteiger partial charge on any atom is -0.390 e. The molecule has 4 atom stereocenters. The lowest BCUT2D eigenvalue weighted by Crippen LogP contribution is -2.64. The fraction of sp³-hybridized carbons (Fsp3) is 0.692. The van der Waals surface area contributed by atoms with E-state index in [1.807, 2.05) is 19.9 Å². The van der Waals surface area contributed by atoms with Gasteiger partial charge in [0.25, 0.3) is 0 Å². The van der Waals surface area contributed by atoms with Crippen molar-refractivity contribution in [2.75, 3.05) is 32.1 Å². The van der Waals surface area contributed by atoms with Crippen LogP contribution in [-0.4, -0.2) is 99.2 Å². The average molecular weight is 589 g/mol. The molecule has 0 radical (unpaired) electrons. The van der Waals surface area contributed by atoms with Crippen LogP contribution in [0.4, 0.5) is 0 Å². The number of sulfone groups is 1. The van der Waals surface area contributed by atoms with Gasteiger partial charge in [0.2, 0.25) is 21.8 Å². The second-order valence-corrected chi connectivity index (χ2v) is 15.9. The number of nitrogens with one attached hydrogen (secondary N) is 3. The third kappa shape index (κ3) is 9.52. The van der Waals surface area contributed by atoms with Crippen molar-refractivity contribution >= 4 is 31.7 Å². The molecule has 1 aliphatic heterocycles. The van der Waals surface area contributed by atoms with Crippen molar-refractivity contribution in [2.24, 2.45) is 5.92 Å². The molecule has 1 fully saturated rings. The molecule has 0 bridgehead atoms. The molecular formula is C26H44N4O7S2. The van der Waals surface area contributed by atoms with Crippen LogP contribution in [0.15, 0.2) is 30.3 Å². The lowest BCUT2D eigenvalue weighted by Gasteiger charge is -2.35. The predicted octanol–water partition coefficient (Wildman–Crippen LogP) is 0.0524. The number of carbonyl (C=O) groups excluding carboxylic acids is 2. The largest absolute Gasteiger partial charge is 0.390 e. The first kappa shape index (κ1) is 33.1. The Morgan fingerprint density at radius 3 is 2.18 bits per heavy atom. The van der Waals surface area contributed by atoms with Crippen molar-refractivity contribution in [3.8, 4) is 0 Å². The van der Waals surface area contributed by atoms with Crippen LogP contribution in [0, 0.1) is 5.92 Å². The summed E-state index contributed by atoms with van der Waals surface area (Å²) in [5.74, 6) is -1.27. The summed E-state index contributed by atoms with van der Waals surface area (Å²) in [7, 11) is -7.49. The van der Waals surface area contributed by atoms with Gasteiger partial charge in [-0.3, -0.25) is 9.59 Å². The number of aliphatic hydroxyl groups is 1. The second-order valence-electron chi connectivity index (χ2n) is 11.3. The Labute approximate surface area is 233 Å². The number of hydrogen-bond donors (Lipinski definition) is 4. The molecule has 0 spiro atoms. The SMILES string of the molecule is CC(C)CN(CC(O)C(Cc1ccccc1)NC(=O)C(NC(=O)C1CCCN1)C(C)(C)S(C)(=O)=O)S(C)(=O)=O. The van der Waals surface area contributed by atoms with Gasteiger partial charge < -0.3 is 21.1 Å². The molecule has 1 aromatic rings. The summed E-state index contributed by atoms with van der Waals surface area (Å²) in [6.07, 6.45) is 2.23. The van der Waals surface area contributed by atoms with E-state index in [-0.39, 0.29) is 25.4 Å². The molecule has 4 N–H and O–H groups in total. The van der Waals surface area contributed by atoms with E-state index < -0.39 is 60.7 Å². The van der Waals surface area contributed by atoms with Crippen LogP contribution < -0.4 is 16.0 Å². The summed E-state index contributed by atoms with van der Waals surface area (Å²) >= 11 is 0. The Bertz CT molecular complexity index is 1180. The van der Waals surface area contributed by atoms with E-state index in [1.54, 1.807) is 24.3 Å². The van der Waals surface area contributed by atoms with Gasteiger partial charge in [-0.05, 0) is 51.1 Å². The Balaban J connectivity index is 2.40. The summed E-state index contributed by atoms with van der Waals surface area (Å²) in [6, 6.07) is 6.04. The van der Waals surface area contributed by atoms with E-state index in [0.717, 1.165) is 28.8 Å². The molecule has 1 aliphatic rings. The molecule has 0 aliphatic carbocycles. The monoisotopic (exact) mass is 588 g/mol. The normalized spacial score (nSPS) is 19.1. The maximum atomic E-state index is 13.7. The van der Waals surface area contributed by atoms with Gasteiger partial charge in [0.1, 0.15) is 6.04 Å². The summed E-state index contributed by atoms with van der Waals surface area (Å²) in [4.78, 5) is 26.6. The Kier molecular flexibility index (Phi) is 11.5. The van der Waals surface area contributed by atoms with Crippen LogP contribution in [0.5, 0.6) is 0 Å². The number of sulfonamides is 1. The first-order valence-corrected chi connectivity index (χ1v) is 16.9. The van der Waals surface area contributed by atoms with Crippen molar-refractivity contribution < 1.29 is 31.5 Å². The van der Waals surface area contributed by atoms with Gasteiger partial charge in [-0.25, -0.2) is 16.8 Å². The van der Waals surface area contributed by atoms with E-state index in [4.69, 9.17) is 0 Å². The molecule has 4 unspecified atom stereocenters. The molecule has 13 heteroatoms. The van der Waals surface area contributed by atoms with Gasteiger partial charge >= 0.3 is 0 Å². The quantitative estimate of drug-likeness (QED) is 0.237. The number of nitrogens with zero attached hydrogens (tertiary/aromatic N) is 1. The summed E-state index contributed by atoms with van der Waals surface area (Å²) in [5.41, 5.74) is 0.773. The van der Waals surface area contributed by atoms with E-state index >= 15 is 0 Å². The Morgan fingerprint density at radius 2 is 1.69 bits per heavy atom. The number of rotatable bonds is 14. The molecule has 2 amide bonds. The van der Waals surface area contributed by atoms with Crippen LogP contribution >= 0.6 is 0 Å². The third-order valence-electron chi connectivity index (χ3n) is 7.10. The van der Waals surface area contributed by atoms with Gasteiger partial charge in [0.15, 0.2) is 9.84 Å². The zero-order chi connectivity index (χ0) is 29.6. The van der Waals surface area contributed by atoms with E-state index in [2.05, 4.69) is 16.0 Å². The predicted molar refractivity (Wildman–Crippen MR) is 151 cm³/mol. The number of aliphatic hydroxyl groups excluding tert-OH is 1. The zero-order valence-corrected chi connectivity index (χ0v) is 25.3. The van der Waals surface area contributed by atoms with Crippen molar-refractivity contribution in [1.29, 1.82) is 0 Å². The molecule has 0 aromatic heterocycles. The lowest BCUT2D eigenvalue weighted by molar-refractivity contribution is -0.131. The molecule has 11 nitrogen and oxygen atoms in total. The van der Waals surface area contributed by atoms with Gasteiger partial charge in [-0.15, -0.1) is 0 Å². The molecule has 1 aromatic carbocycles. The van der Waals surface area contributed by atoms with E-state index in [1.165, 1.54) is 13.8 Å². The van der Waals surface area contributed by atoms with Crippen molar-refractivity contribution in [3.63, 3.8) is 0 Å². The first-order valence-electron chi connectivity index (χ1n) is 13.1. The number of hydrogen-bond acceptors (Lipinski definition) is 8. The summed E-state index contributed by atoms with van der Waals surface area (Å²) in [5, 5.41) is 19.6. The molecule has 1 heterocycles. The lowest BCUT2D eigenvalue weighted by atomic mass is 9.97. The van der Waals surface area contributed by atoms with Crippen molar-refractivity contribution in [3.05, 3.63) is 35.9 Å².